The van der Waals surface area contributed by atoms with Gasteiger partial charge in [-0.1, -0.05) is 0 Å². The number of carbonyl (C=O) groups excluding carboxylic acids is 2. The van der Waals surface area contributed by atoms with E-state index < -0.39 is 17.3 Å². The number of hydrogen-bond donors (Lipinski definition) is 2. The van der Waals surface area contributed by atoms with Crippen LogP contribution in [-0.4, -0.2) is 50.2 Å². The van der Waals surface area contributed by atoms with E-state index >= 15 is 0 Å². The van der Waals surface area contributed by atoms with Crippen LogP contribution in [0.5, 0.6) is 11.5 Å². The molecule has 2 rings (SSSR count). The van der Waals surface area contributed by atoms with Crippen molar-refractivity contribution < 1.29 is 29.0 Å². The van der Waals surface area contributed by atoms with E-state index in [4.69, 9.17) is 14.6 Å². The first-order chi connectivity index (χ1) is 12.2. The van der Waals surface area contributed by atoms with Crippen LogP contribution in [-0.2, 0) is 14.4 Å². The Bertz CT molecular complexity index is 716. The lowest BCUT2D eigenvalue weighted by molar-refractivity contribution is -0.147. The highest BCUT2D eigenvalue weighted by Gasteiger charge is 2.37. The maximum atomic E-state index is 12.4. The van der Waals surface area contributed by atoms with E-state index in [1.807, 2.05) is 0 Å². The molecule has 0 aromatic heterocycles. The molecule has 1 fully saturated rings. The van der Waals surface area contributed by atoms with Crippen LogP contribution in [0.1, 0.15) is 20.3 Å². The van der Waals surface area contributed by atoms with E-state index in [0.29, 0.717) is 17.2 Å². The van der Waals surface area contributed by atoms with Crippen molar-refractivity contribution in [3.8, 4) is 11.5 Å². The van der Waals surface area contributed by atoms with Crippen molar-refractivity contribution >= 4 is 23.5 Å². The minimum atomic E-state index is -1.07. The molecule has 2 N–H and O–H groups in total. The fraction of sp³-hybridized carbons (Fsp3) is 0.500. The molecule has 1 aliphatic rings. The van der Waals surface area contributed by atoms with Gasteiger partial charge in [0.25, 0.3) is 0 Å². The van der Waals surface area contributed by atoms with E-state index in [9.17, 15) is 14.4 Å². The lowest BCUT2D eigenvalue weighted by Crippen LogP contribution is -2.41. The Morgan fingerprint density at radius 3 is 2.58 bits per heavy atom. The van der Waals surface area contributed by atoms with E-state index in [0.717, 1.165) is 0 Å². The summed E-state index contributed by atoms with van der Waals surface area (Å²) in [4.78, 5) is 37.4. The molecule has 2 amide bonds. The number of nitrogens with zero attached hydrogens (tertiary/aromatic N) is 1. The van der Waals surface area contributed by atoms with Gasteiger partial charge in [-0.05, 0) is 26.0 Å². The van der Waals surface area contributed by atoms with Crippen LogP contribution in [0.2, 0.25) is 0 Å². The number of ether oxygens (including phenoxy) is 2. The fourth-order valence-corrected chi connectivity index (χ4v) is 2.65. The third-order valence-corrected chi connectivity index (χ3v) is 4.46. The summed E-state index contributed by atoms with van der Waals surface area (Å²) in [7, 11) is 3.03. The summed E-state index contributed by atoms with van der Waals surface area (Å²) in [5.41, 5.74) is -0.503. The maximum absolute atomic E-state index is 12.4. The second kappa shape index (κ2) is 7.63. The smallest absolute Gasteiger partial charge is 0.310 e. The molecule has 1 heterocycles. The summed E-state index contributed by atoms with van der Waals surface area (Å²) >= 11 is 0. The first-order valence-corrected chi connectivity index (χ1v) is 8.23. The van der Waals surface area contributed by atoms with Crippen molar-refractivity contribution in [3.05, 3.63) is 18.2 Å². The molecule has 0 bridgehead atoms. The zero-order valence-electron chi connectivity index (χ0n) is 15.4. The second-order valence-electron chi connectivity index (χ2n) is 6.85. The Morgan fingerprint density at radius 1 is 1.31 bits per heavy atom. The van der Waals surface area contributed by atoms with Crippen molar-refractivity contribution in [2.24, 2.45) is 11.3 Å². The van der Waals surface area contributed by atoms with E-state index in [-0.39, 0.29) is 31.3 Å². The van der Waals surface area contributed by atoms with Gasteiger partial charge in [-0.3, -0.25) is 14.4 Å². The van der Waals surface area contributed by atoms with Gasteiger partial charge in [0.05, 0.1) is 31.2 Å². The van der Waals surface area contributed by atoms with E-state index in [1.54, 1.807) is 18.2 Å². The average Bonchev–Trinajstić information content (AvgIpc) is 3.00. The zero-order chi connectivity index (χ0) is 19.5. The molecule has 0 saturated carbocycles. The average molecular weight is 364 g/mol. The predicted octanol–water partition coefficient (Wildman–Crippen LogP) is 1.28. The van der Waals surface area contributed by atoms with Crippen LogP contribution in [0.15, 0.2) is 18.2 Å². The van der Waals surface area contributed by atoms with Crippen LogP contribution in [0.4, 0.5) is 5.69 Å². The number of rotatable bonds is 7. The number of methoxy groups -OCH3 is 2. The lowest BCUT2D eigenvalue weighted by Gasteiger charge is -2.22. The molecule has 1 unspecified atom stereocenters. The number of benzene rings is 1. The van der Waals surface area contributed by atoms with Crippen LogP contribution in [0.25, 0.3) is 0 Å². The molecular formula is C18H24N2O6. The number of carboxylic acids is 1. The molecule has 8 nitrogen and oxygen atoms in total. The molecular weight excluding hydrogens is 340 g/mol. The van der Waals surface area contributed by atoms with Gasteiger partial charge >= 0.3 is 5.97 Å². The van der Waals surface area contributed by atoms with E-state index in [2.05, 4.69) is 5.32 Å². The summed E-state index contributed by atoms with van der Waals surface area (Å²) in [6.45, 7) is 3.27. The van der Waals surface area contributed by atoms with Gasteiger partial charge in [-0.25, -0.2) is 0 Å². The summed E-state index contributed by atoms with van der Waals surface area (Å²) in [5.74, 6) is -0.981. The highest BCUT2D eigenvalue weighted by Crippen LogP contribution is 2.35. The molecule has 0 radical (unpaired) electrons. The van der Waals surface area contributed by atoms with Gasteiger partial charge in [0.15, 0.2) is 0 Å². The summed E-state index contributed by atoms with van der Waals surface area (Å²) in [5, 5.41) is 11.8. The number of carboxylic acid groups (broad SMARTS) is 1. The van der Waals surface area contributed by atoms with Crippen molar-refractivity contribution in [2.45, 2.75) is 20.3 Å². The van der Waals surface area contributed by atoms with Gasteiger partial charge in [0.2, 0.25) is 11.8 Å². The van der Waals surface area contributed by atoms with Gasteiger partial charge in [0, 0.05) is 25.6 Å². The monoisotopic (exact) mass is 364 g/mol. The molecule has 8 heteroatoms. The molecule has 1 aromatic rings. The number of carbonyl (C=O) groups is 3. The van der Waals surface area contributed by atoms with Crippen LogP contribution in [0.3, 0.4) is 0 Å². The Balaban J connectivity index is 2.09. The molecule has 1 aromatic carbocycles. The largest absolute Gasteiger partial charge is 0.497 e. The first-order valence-electron chi connectivity index (χ1n) is 8.23. The molecule has 0 spiro atoms. The number of hydrogen-bond acceptors (Lipinski definition) is 5. The second-order valence-corrected chi connectivity index (χ2v) is 6.85. The predicted molar refractivity (Wildman–Crippen MR) is 94.4 cm³/mol. The third kappa shape index (κ3) is 4.07. The lowest BCUT2D eigenvalue weighted by atomic mass is 9.93. The standard InChI is InChI=1S/C18H24N2O6/c1-18(2,17(23)24)10-19-16(22)11-7-15(21)20(9-11)13-6-5-12(25-3)8-14(13)26-4/h5-6,8,11H,7,9-10H2,1-4H3,(H,19,22)(H,23,24). The number of anilines is 1. The van der Waals surface area contributed by atoms with Crippen LogP contribution >= 0.6 is 0 Å². The number of nitrogens with one attached hydrogen (secondary N) is 1. The normalized spacial score (nSPS) is 17.2. The zero-order valence-corrected chi connectivity index (χ0v) is 15.4. The van der Waals surface area contributed by atoms with Crippen molar-refractivity contribution in [1.82, 2.24) is 5.32 Å². The highest BCUT2D eigenvalue weighted by molar-refractivity contribution is 6.01. The van der Waals surface area contributed by atoms with Gasteiger partial charge in [0.1, 0.15) is 11.5 Å². The SMILES string of the molecule is COc1ccc(N2CC(C(=O)NCC(C)(C)C(=O)O)CC2=O)c(OC)c1. The van der Waals surface area contributed by atoms with Crippen molar-refractivity contribution in [3.63, 3.8) is 0 Å². The Kier molecular flexibility index (Phi) is 5.74. The van der Waals surface area contributed by atoms with Gasteiger partial charge in [-0.2, -0.15) is 0 Å². The Morgan fingerprint density at radius 2 is 2.00 bits per heavy atom. The van der Waals surface area contributed by atoms with Gasteiger partial charge < -0.3 is 24.8 Å². The molecule has 1 aliphatic heterocycles. The number of amides is 2. The minimum Gasteiger partial charge on any atom is -0.497 e. The molecule has 142 valence electrons. The van der Waals surface area contributed by atoms with Crippen molar-refractivity contribution in [2.75, 3.05) is 32.2 Å². The van der Waals surface area contributed by atoms with Crippen LogP contribution in [0, 0.1) is 11.3 Å². The molecule has 1 saturated heterocycles. The van der Waals surface area contributed by atoms with E-state index in [1.165, 1.54) is 33.0 Å². The molecule has 1 atom stereocenters. The maximum Gasteiger partial charge on any atom is 0.310 e. The summed E-state index contributed by atoms with van der Waals surface area (Å²) in [6.07, 6.45) is 0.0640. The minimum absolute atomic E-state index is 0.00227. The first kappa shape index (κ1) is 19.6. The summed E-state index contributed by atoms with van der Waals surface area (Å²) < 4.78 is 10.5. The molecule has 26 heavy (non-hydrogen) atoms. The quantitative estimate of drug-likeness (QED) is 0.755. The fourth-order valence-electron chi connectivity index (χ4n) is 2.65. The van der Waals surface area contributed by atoms with Crippen molar-refractivity contribution in [1.29, 1.82) is 0 Å². The Hall–Kier alpha value is -2.77. The summed E-state index contributed by atoms with van der Waals surface area (Å²) in [6, 6.07) is 5.10. The van der Waals surface area contributed by atoms with Crippen LogP contribution < -0.4 is 19.7 Å². The molecule has 0 aliphatic carbocycles. The Labute approximate surface area is 152 Å². The topological polar surface area (TPSA) is 105 Å². The highest BCUT2D eigenvalue weighted by atomic mass is 16.5. The third-order valence-electron chi connectivity index (χ3n) is 4.46. The van der Waals surface area contributed by atoms with Gasteiger partial charge in [-0.15, -0.1) is 0 Å². The number of aliphatic carboxylic acids is 1.